The number of esters is 1. The average molecular weight is 439 g/mol. The topological polar surface area (TPSA) is 56.5 Å². The average Bonchev–Trinajstić information content (AvgIpc) is 3.07. The number of benzene rings is 3. The summed E-state index contributed by atoms with van der Waals surface area (Å²) in [6.45, 7) is -0.131. The predicted molar refractivity (Wildman–Crippen MR) is 116 cm³/mol. The molecule has 0 radical (unpaired) electrons. The molecule has 7 heteroatoms. The van der Waals surface area contributed by atoms with Gasteiger partial charge in [0.2, 0.25) is 0 Å². The molecule has 0 aliphatic rings. The zero-order chi connectivity index (χ0) is 20.8. The molecule has 0 atom stereocenters. The van der Waals surface area contributed by atoms with Crippen LogP contribution >= 0.6 is 22.9 Å². The number of ether oxygens (including phenoxy) is 1. The van der Waals surface area contributed by atoms with Gasteiger partial charge in [-0.25, -0.2) is 14.0 Å². The Labute approximate surface area is 178 Å². The van der Waals surface area contributed by atoms with Crippen molar-refractivity contribution in [3.05, 3.63) is 92.4 Å². The van der Waals surface area contributed by atoms with Gasteiger partial charge in [0.05, 0.1) is 5.02 Å². The number of hydrogen-bond donors (Lipinski definition) is 0. The minimum absolute atomic E-state index is 0.131. The molecular formula is C23H12ClFO4S. The van der Waals surface area contributed by atoms with E-state index in [4.69, 9.17) is 20.8 Å². The van der Waals surface area contributed by atoms with Crippen molar-refractivity contribution >= 4 is 60.7 Å². The smallest absolute Gasteiger partial charge is 0.350 e. The maximum absolute atomic E-state index is 13.5. The molecule has 0 bridgehead atoms. The van der Waals surface area contributed by atoms with E-state index in [1.54, 1.807) is 6.07 Å². The maximum Gasteiger partial charge on any atom is 0.350 e. The van der Waals surface area contributed by atoms with Crippen LogP contribution in [0.1, 0.15) is 15.2 Å². The molecule has 0 saturated heterocycles. The zero-order valence-corrected chi connectivity index (χ0v) is 16.9. The van der Waals surface area contributed by atoms with Gasteiger partial charge in [0.1, 0.15) is 22.9 Å². The first kappa shape index (κ1) is 18.8. The van der Waals surface area contributed by atoms with Gasteiger partial charge in [-0.2, -0.15) is 0 Å². The molecule has 2 aromatic heterocycles. The highest BCUT2D eigenvalue weighted by Crippen LogP contribution is 2.36. The lowest BCUT2D eigenvalue weighted by Gasteiger charge is -2.09. The molecule has 0 fully saturated rings. The first-order valence-electron chi connectivity index (χ1n) is 9.00. The van der Waals surface area contributed by atoms with E-state index < -0.39 is 17.4 Å². The number of thiophene rings is 1. The van der Waals surface area contributed by atoms with Crippen molar-refractivity contribution in [1.82, 2.24) is 0 Å². The molecular weight excluding hydrogens is 427 g/mol. The highest BCUT2D eigenvalue weighted by Gasteiger charge is 2.20. The van der Waals surface area contributed by atoms with Gasteiger partial charge in [0, 0.05) is 27.1 Å². The van der Waals surface area contributed by atoms with Gasteiger partial charge in [-0.05, 0) is 35.0 Å². The fourth-order valence-corrected chi connectivity index (χ4v) is 4.94. The summed E-state index contributed by atoms with van der Waals surface area (Å²) in [7, 11) is 0. The summed E-state index contributed by atoms with van der Waals surface area (Å²) in [6.07, 6.45) is 0. The highest BCUT2D eigenvalue weighted by atomic mass is 35.5. The van der Waals surface area contributed by atoms with Crippen molar-refractivity contribution in [2.45, 2.75) is 6.61 Å². The second-order valence-corrected chi connectivity index (χ2v) is 8.14. The summed E-state index contributed by atoms with van der Waals surface area (Å²) in [5.41, 5.74) is 0.427. The Morgan fingerprint density at radius 2 is 1.90 bits per heavy atom. The third-order valence-electron chi connectivity index (χ3n) is 4.85. The summed E-state index contributed by atoms with van der Waals surface area (Å²) < 4.78 is 24.8. The summed E-state index contributed by atoms with van der Waals surface area (Å²) in [4.78, 5) is 24.9. The van der Waals surface area contributed by atoms with Crippen LogP contribution in [0.4, 0.5) is 4.39 Å². The number of rotatable bonds is 3. The van der Waals surface area contributed by atoms with E-state index in [1.165, 1.54) is 24.3 Å². The third-order valence-corrected chi connectivity index (χ3v) is 6.49. The summed E-state index contributed by atoms with van der Waals surface area (Å²) >= 11 is 7.37. The molecule has 148 valence electrons. The van der Waals surface area contributed by atoms with Crippen LogP contribution in [-0.4, -0.2) is 5.97 Å². The Morgan fingerprint density at radius 1 is 1.07 bits per heavy atom. The second-order valence-electron chi connectivity index (χ2n) is 6.71. The van der Waals surface area contributed by atoms with E-state index in [0.717, 1.165) is 22.1 Å². The Kier molecular flexibility index (Phi) is 4.53. The van der Waals surface area contributed by atoms with Crippen LogP contribution < -0.4 is 5.63 Å². The number of hydrogen-bond acceptors (Lipinski definition) is 5. The number of carbonyl (C=O) groups is 1. The van der Waals surface area contributed by atoms with E-state index in [0.29, 0.717) is 26.6 Å². The van der Waals surface area contributed by atoms with Gasteiger partial charge in [-0.15, -0.1) is 11.3 Å². The lowest BCUT2D eigenvalue weighted by Crippen LogP contribution is -2.07. The van der Waals surface area contributed by atoms with Crippen molar-refractivity contribution in [3.8, 4) is 0 Å². The lowest BCUT2D eigenvalue weighted by atomic mass is 10.0. The van der Waals surface area contributed by atoms with Gasteiger partial charge in [-0.1, -0.05) is 41.9 Å². The van der Waals surface area contributed by atoms with E-state index in [1.807, 2.05) is 30.3 Å². The van der Waals surface area contributed by atoms with Crippen LogP contribution in [0.25, 0.3) is 31.8 Å². The Bertz CT molecular complexity index is 1520. The SMILES string of the molecule is O=C(OCc1cc(=O)oc2ccc3ccccc3c12)c1sc2cc(F)ccc2c1Cl. The quantitative estimate of drug-likeness (QED) is 0.188. The number of halogens is 2. The predicted octanol–water partition coefficient (Wildman–Crippen LogP) is 6.31. The van der Waals surface area contributed by atoms with Crippen molar-refractivity contribution in [2.24, 2.45) is 0 Å². The molecule has 0 unspecified atom stereocenters. The minimum atomic E-state index is -0.636. The third kappa shape index (κ3) is 3.14. The maximum atomic E-state index is 13.5. The first-order chi connectivity index (χ1) is 14.5. The Hall–Kier alpha value is -3.22. The molecule has 2 heterocycles. The molecule has 0 aliphatic carbocycles. The van der Waals surface area contributed by atoms with Crippen LogP contribution in [0.3, 0.4) is 0 Å². The molecule has 5 aromatic rings. The van der Waals surface area contributed by atoms with Gasteiger partial charge >= 0.3 is 11.6 Å². The molecule has 0 N–H and O–H groups in total. The molecule has 30 heavy (non-hydrogen) atoms. The van der Waals surface area contributed by atoms with Crippen molar-refractivity contribution in [3.63, 3.8) is 0 Å². The molecule has 5 rings (SSSR count). The zero-order valence-electron chi connectivity index (χ0n) is 15.3. The Balaban J connectivity index is 1.54. The van der Waals surface area contributed by atoms with Crippen LogP contribution in [0.5, 0.6) is 0 Å². The van der Waals surface area contributed by atoms with Gasteiger partial charge in [-0.3, -0.25) is 0 Å². The van der Waals surface area contributed by atoms with Crippen molar-refractivity contribution in [1.29, 1.82) is 0 Å². The molecule has 0 spiro atoms. The van der Waals surface area contributed by atoms with Crippen LogP contribution in [0, 0.1) is 5.82 Å². The van der Waals surface area contributed by atoms with Gasteiger partial charge in [0.25, 0.3) is 0 Å². The fraction of sp³-hybridized carbons (Fsp3) is 0.0435. The molecule has 0 saturated carbocycles. The van der Waals surface area contributed by atoms with Crippen molar-refractivity contribution in [2.75, 3.05) is 0 Å². The fourth-order valence-electron chi connectivity index (χ4n) is 3.51. The van der Waals surface area contributed by atoms with E-state index in [-0.39, 0.29) is 16.5 Å². The van der Waals surface area contributed by atoms with Gasteiger partial charge in [0.15, 0.2) is 0 Å². The second kappa shape index (κ2) is 7.23. The molecule has 0 amide bonds. The normalized spacial score (nSPS) is 11.4. The minimum Gasteiger partial charge on any atom is -0.457 e. The van der Waals surface area contributed by atoms with E-state index >= 15 is 0 Å². The first-order valence-corrected chi connectivity index (χ1v) is 10.2. The van der Waals surface area contributed by atoms with Crippen LogP contribution in [0.2, 0.25) is 5.02 Å². The van der Waals surface area contributed by atoms with Crippen LogP contribution in [0.15, 0.2) is 69.9 Å². The standard InChI is InChI=1S/C23H12ClFO4S/c24-21-16-7-6-14(25)10-18(16)30-22(21)23(27)28-11-13-9-19(26)29-17-8-5-12-3-1-2-4-15(12)20(13)17/h1-10H,11H2. The van der Waals surface area contributed by atoms with Gasteiger partial charge < -0.3 is 9.15 Å². The number of carbonyl (C=O) groups excluding carboxylic acids is 1. The molecule has 0 aliphatic heterocycles. The monoisotopic (exact) mass is 438 g/mol. The summed E-state index contributed by atoms with van der Waals surface area (Å²) in [5, 5.41) is 3.39. The summed E-state index contributed by atoms with van der Waals surface area (Å²) in [6, 6.07) is 16.7. The largest absolute Gasteiger partial charge is 0.457 e. The van der Waals surface area contributed by atoms with Crippen molar-refractivity contribution < 1.29 is 18.3 Å². The molecule has 3 aromatic carbocycles. The lowest BCUT2D eigenvalue weighted by molar-refractivity contribution is 0.0480. The van der Waals surface area contributed by atoms with E-state index in [9.17, 15) is 14.0 Å². The summed E-state index contributed by atoms with van der Waals surface area (Å²) in [5.74, 6) is -1.04. The van der Waals surface area contributed by atoms with Crippen LogP contribution in [-0.2, 0) is 11.3 Å². The van der Waals surface area contributed by atoms with E-state index in [2.05, 4.69) is 0 Å². The highest BCUT2D eigenvalue weighted by molar-refractivity contribution is 7.21. The number of fused-ring (bicyclic) bond motifs is 4. The Morgan fingerprint density at radius 3 is 2.77 bits per heavy atom. The molecule has 4 nitrogen and oxygen atoms in total.